The third kappa shape index (κ3) is 2.19. The van der Waals surface area contributed by atoms with Gasteiger partial charge in [-0.2, -0.15) is 0 Å². The molecular weight excluding hydrogens is 246 g/mol. The standard InChI is InChI=1S/C14H14ClN3/c15-12-4-2-7-17-14(12)18-13-5-1-3-10-9-16-8-6-11(10)13/h1-5,7,16H,6,8-9H2,(H,17,18). The summed E-state index contributed by atoms with van der Waals surface area (Å²) in [5.41, 5.74) is 3.81. The van der Waals surface area contributed by atoms with E-state index in [1.807, 2.05) is 12.1 Å². The molecule has 0 saturated carbocycles. The second kappa shape index (κ2) is 4.96. The Hall–Kier alpha value is -1.58. The minimum atomic E-state index is 0.643. The molecule has 1 aliphatic heterocycles. The second-order valence-electron chi connectivity index (χ2n) is 4.33. The summed E-state index contributed by atoms with van der Waals surface area (Å²) in [4.78, 5) is 4.26. The van der Waals surface area contributed by atoms with Crippen molar-refractivity contribution in [2.75, 3.05) is 11.9 Å². The molecule has 0 aliphatic carbocycles. The predicted octanol–water partition coefficient (Wildman–Crippen LogP) is 3.12. The van der Waals surface area contributed by atoms with Gasteiger partial charge >= 0.3 is 0 Å². The highest BCUT2D eigenvalue weighted by Gasteiger charge is 2.13. The van der Waals surface area contributed by atoms with Crippen molar-refractivity contribution in [3.05, 3.63) is 52.7 Å². The summed E-state index contributed by atoms with van der Waals surface area (Å²) in [5.74, 6) is 0.714. The summed E-state index contributed by atoms with van der Waals surface area (Å²) in [5, 5.41) is 7.35. The Morgan fingerprint density at radius 1 is 1.22 bits per heavy atom. The van der Waals surface area contributed by atoms with Crippen molar-refractivity contribution in [2.45, 2.75) is 13.0 Å². The molecule has 0 saturated heterocycles. The van der Waals surface area contributed by atoms with Gasteiger partial charge in [-0.1, -0.05) is 23.7 Å². The highest BCUT2D eigenvalue weighted by atomic mass is 35.5. The summed E-state index contributed by atoms with van der Waals surface area (Å²) in [6.45, 7) is 1.95. The normalized spacial score (nSPS) is 14.1. The van der Waals surface area contributed by atoms with Gasteiger partial charge in [0.05, 0.1) is 5.02 Å². The Bertz CT molecular complexity index is 569. The van der Waals surface area contributed by atoms with Crippen LogP contribution in [0.4, 0.5) is 11.5 Å². The van der Waals surface area contributed by atoms with Gasteiger partial charge in [-0.15, -0.1) is 0 Å². The van der Waals surface area contributed by atoms with Gasteiger partial charge in [-0.25, -0.2) is 4.98 Å². The van der Waals surface area contributed by atoms with Gasteiger partial charge < -0.3 is 10.6 Å². The van der Waals surface area contributed by atoms with Crippen molar-refractivity contribution in [3.8, 4) is 0 Å². The molecular formula is C14H14ClN3. The Labute approximate surface area is 111 Å². The van der Waals surface area contributed by atoms with Crippen molar-refractivity contribution in [3.63, 3.8) is 0 Å². The van der Waals surface area contributed by atoms with E-state index >= 15 is 0 Å². The predicted molar refractivity (Wildman–Crippen MR) is 74.4 cm³/mol. The fourth-order valence-electron chi connectivity index (χ4n) is 2.25. The number of nitrogens with one attached hydrogen (secondary N) is 2. The van der Waals surface area contributed by atoms with Crippen LogP contribution in [0.15, 0.2) is 36.5 Å². The van der Waals surface area contributed by atoms with Gasteiger partial charge in [0.2, 0.25) is 0 Å². The molecule has 4 heteroatoms. The molecule has 0 amide bonds. The number of nitrogens with zero attached hydrogens (tertiary/aromatic N) is 1. The van der Waals surface area contributed by atoms with Crippen LogP contribution in [0.2, 0.25) is 5.02 Å². The van der Waals surface area contributed by atoms with E-state index in [4.69, 9.17) is 11.6 Å². The molecule has 0 bridgehead atoms. The van der Waals surface area contributed by atoms with Crippen LogP contribution in [0.1, 0.15) is 11.1 Å². The van der Waals surface area contributed by atoms with Crippen LogP contribution in [0.25, 0.3) is 0 Å². The summed E-state index contributed by atoms with van der Waals surface area (Å²) >= 11 is 6.12. The number of halogens is 1. The van der Waals surface area contributed by atoms with E-state index < -0.39 is 0 Å². The van der Waals surface area contributed by atoms with Gasteiger partial charge in [0.25, 0.3) is 0 Å². The van der Waals surface area contributed by atoms with Gasteiger partial charge in [-0.3, -0.25) is 0 Å². The second-order valence-corrected chi connectivity index (χ2v) is 4.74. The fourth-order valence-corrected chi connectivity index (χ4v) is 2.42. The lowest BCUT2D eigenvalue weighted by Crippen LogP contribution is -2.24. The number of anilines is 2. The maximum Gasteiger partial charge on any atom is 0.149 e. The molecule has 0 unspecified atom stereocenters. The molecule has 2 heterocycles. The van der Waals surface area contributed by atoms with Crippen molar-refractivity contribution >= 4 is 23.1 Å². The number of pyridine rings is 1. The first-order valence-corrected chi connectivity index (χ1v) is 6.41. The molecule has 1 aliphatic rings. The molecule has 0 radical (unpaired) electrons. The highest BCUT2D eigenvalue weighted by molar-refractivity contribution is 6.33. The molecule has 92 valence electrons. The largest absolute Gasteiger partial charge is 0.339 e. The zero-order valence-corrected chi connectivity index (χ0v) is 10.7. The first kappa shape index (κ1) is 11.5. The van der Waals surface area contributed by atoms with Crippen LogP contribution in [0, 0.1) is 0 Å². The van der Waals surface area contributed by atoms with E-state index in [9.17, 15) is 0 Å². The molecule has 3 nitrogen and oxygen atoms in total. The summed E-state index contributed by atoms with van der Waals surface area (Å²) in [7, 11) is 0. The lowest BCUT2D eigenvalue weighted by atomic mass is 9.99. The van der Waals surface area contributed by atoms with E-state index in [1.54, 1.807) is 6.20 Å². The van der Waals surface area contributed by atoms with Gasteiger partial charge in [-0.05, 0) is 42.3 Å². The van der Waals surface area contributed by atoms with E-state index in [1.165, 1.54) is 11.1 Å². The Kier molecular flexibility index (Phi) is 3.17. The molecule has 2 aromatic rings. The molecule has 0 atom stereocenters. The minimum Gasteiger partial charge on any atom is -0.339 e. The minimum absolute atomic E-state index is 0.643. The number of fused-ring (bicyclic) bond motifs is 1. The molecule has 2 N–H and O–H groups in total. The average Bonchev–Trinajstić information content (AvgIpc) is 2.42. The Morgan fingerprint density at radius 2 is 2.17 bits per heavy atom. The molecule has 3 rings (SSSR count). The summed E-state index contributed by atoms with van der Waals surface area (Å²) < 4.78 is 0. The maximum atomic E-state index is 6.12. The van der Waals surface area contributed by atoms with Crippen molar-refractivity contribution in [2.24, 2.45) is 0 Å². The monoisotopic (exact) mass is 259 g/mol. The van der Waals surface area contributed by atoms with Crippen molar-refractivity contribution < 1.29 is 0 Å². The fraction of sp³-hybridized carbons (Fsp3) is 0.214. The lowest BCUT2D eigenvalue weighted by molar-refractivity contribution is 0.645. The van der Waals surface area contributed by atoms with E-state index in [2.05, 4.69) is 33.8 Å². The smallest absolute Gasteiger partial charge is 0.149 e. The van der Waals surface area contributed by atoms with E-state index in [0.717, 1.165) is 25.2 Å². The quantitative estimate of drug-likeness (QED) is 0.870. The third-order valence-electron chi connectivity index (χ3n) is 3.15. The van der Waals surface area contributed by atoms with E-state index in [0.29, 0.717) is 10.8 Å². The van der Waals surface area contributed by atoms with Crippen LogP contribution in [0.5, 0.6) is 0 Å². The zero-order valence-electron chi connectivity index (χ0n) is 9.91. The van der Waals surface area contributed by atoms with Gasteiger partial charge in [0, 0.05) is 18.4 Å². The number of benzene rings is 1. The summed E-state index contributed by atoms with van der Waals surface area (Å²) in [6.07, 6.45) is 2.77. The number of aromatic nitrogens is 1. The van der Waals surface area contributed by atoms with Gasteiger partial charge in [0.15, 0.2) is 0 Å². The van der Waals surface area contributed by atoms with Crippen LogP contribution < -0.4 is 10.6 Å². The SMILES string of the molecule is Clc1cccnc1Nc1cccc2c1CCNC2. The molecule has 0 fully saturated rings. The zero-order chi connectivity index (χ0) is 12.4. The number of rotatable bonds is 2. The Balaban J connectivity index is 1.96. The number of hydrogen-bond acceptors (Lipinski definition) is 3. The van der Waals surface area contributed by atoms with Crippen LogP contribution in [-0.4, -0.2) is 11.5 Å². The highest BCUT2D eigenvalue weighted by Crippen LogP contribution is 2.28. The molecule has 0 spiro atoms. The molecule has 1 aromatic heterocycles. The van der Waals surface area contributed by atoms with Crippen LogP contribution >= 0.6 is 11.6 Å². The van der Waals surface area contributed by atoms with Crippen LogP contribution in [0.3, 0.4) is 0 Å². The first-order valence-electron chi connectivity index (χ1n) is 6.03. The van der Waals surface area contributed by atoms with Crippen molar-refractivity contribution in [1.29, 1.82) is 0 Å². The maximum absolute atomic E-state index is 6.12. The van der Waals surface area contributed by atoms with Crippen LogP contribution in [-0.2, 0) is 13.0 Å². The number of hydrogen-bond donors (Lipinski definition) is 2. The van der Waals surface area contributed by atoms with Crippen molar-refractivity contribution in [1.82, 2.24) is 10.3 Å². The Morgan fingerprint density at radius 3 is 3.06 bits per heavy atom. The van der Waals surface area contributed by atoms with Gasteiger partial charge in [0.1, 0.15) is 5.82 Å². The average molecular weight is 260 g/mol. The third-order valence-corrected chi connectivity index (χ3v) is 3.46. The molecule has 1 aromatic carbocycles. The summed E-state index contributed by atoms with van der Waals surface area (Å²) in [6, 6.07) is 9.97. The van der Waals surface area contributed by atoms with E-state index in [-0.39, 0.29) is 0 Å². The molecule has 18 heavy (non-hydrogen) atoms. The topological polar surface area (TPSA) is 37.0 Å². The first-order chi connectivity index (χ1) is 8.84. The lowest BCUT2D eigenvalue weighted by Gasteiger charge is -2.21.